The van der Waals surface area contributed by atoms with E-state index in [1.54, 1.807) is 21.9 Å². The molecule has 25 heavy (non-hydrogen) atoms. The molecular weight excluding hydrogens is 338 g/mol. The van der Waals surface area contributed by atoms with Crippen molar-refractivity contribution in [2.75, 3.05) is 13.7 Å². The number of rotatable bonds is 5. The molecule has 2 atom stereocenters. The molecule has 1 aliphatic heterocycles. The minimum Gasteiger partial charge on any atom is -0.371 e. The lowest BCUT2D eigenvalue weighted by Gasteiger charge is -2.29. The highest BCUT2D eigenvalue weighted by Gasteiger charge is 2.34. The average Bonchev–Trinajstić information content (AvgIpc) is 3.19. The van der Waals surface area contributed by atoms with Gasteiger partial charge < -0.3 is 14.2 Å². The zero-order chi connectivity index (χ0) is 18.0. The fourth-order valence-corrected chi connectivity index (χ4v) is 4.11. The van der Waals surface area contributed by atoms with Gasteiger partial charge in [0, 0.05) is 55.1 Å². The first kappa shape index (κ1) is 17.8. The summed E-state index contributed by atoms with van der Waals surface area (Å²) in [6.45, 7) is 4.90. The fraction of sp³-hybridized carbons (Fsp3) is 0.500. The number of amides is 1. The molecule has 0 bridgehead atoms. The summed E-state index contributed by atoms with van der Waals surface area (Å²) in [5.74, 6) is 0.0274. The molecule has 3 rings (SSSR count). The van der Waals surface area contributed by atoms with Crippen molar-refractivity contribution >= 4 is 17.2 Å². The maximum absolute atomic E-state index is 12.7. The van der Waals surface area contributed by atoms with Crippen molar-refractivity contribution in [1.29, 1.82) is 0 Å². The maximum atomic E-state index is 12.7. The Labute approximate surface area is 151 Å². The maximum Gasteiger partial charge on any atom is 0.307 e. The molecule has 6 nitrogen and oxygen atoms in total. The number of carbonyl (C=O) groups excluding carboxylic acids is 1. The van der Waals surface area contributed by atoms with E-state index < -0.39 is 0 Å². The third-order valence-corrected chi connectivity index (χ3v) is 5.89. The largest absolute Gasteiger partial charge is 0.371 e. The number of hydrogen-bond acceptors (Lipinski definition) is 5. The normalized spacial score (nSPS) is 20.0. The minimum absolute atomic E-state index is 0.00118. The van der Waals surface area contributed by atoms with Crippen molar-refractivity contribution < 1.29 is 9.53 Å². The zero-order valence-electron chi connectivity index (χ0n) is 14.8. The Morgan fingerprint density at radius 3 is 2.92 bits per heavy atom. The first-order valence-electron chi connectivity index (χ1n) is 8.43. The average molecular weight is 361 g/mol. The molecular formula is C18H23N3O3S. The second kappa shape index (κ2) is 7.49. The van der Waals surface area contributed by atoms with Crippen molar-refractivity contribution in [2.45, 2.75) is 45.4 Å². The molecule has 2 aromatic rings. The molecule has 1 fully saturated rings. The molecule has 0 spiro atoms. The summed E-state index contributed by atoms with van der Waals surface area (Å²) in [6.07, 6.45) is 4.49. The molecule has 1 aliphatic rings. The first-order chi connectivity index (χ1) is 12.0. The van der Waals surface area contributed by atoms with E-state index in [-0.39, 0.29) is 22.9 Å². The third kappa shape index (κ3) is 3.67. The van der Waals surface area contributed by atoms with Crippen LogP contribution in [0.4, 0.5) is 0 Å². The Balaban J connectivity index is 1.66. The molecule has 0 radical (unpaired) electrons. The minimum atomic E-state index is -0.143. The van der Waals surface area contributed by atoms with Crippen molar-refractivity contribution in [3.63, 3.8) is 0 Å². The number of ether oxygens (including phenoxy) is 1. The fourth-order valence-electron chi connectivity index (χ4n) is 3.25. The SMILES string of the molecule is Cc1sc(=O)n(CCC(=O)N(C)[C@H]2CCO[C@@H]2c2cccnc2)c1C. The lowest BCUT2D eigenvalue weighted by atomic mass is 10.0. The number of thiazole rings is 1. The molecule has 134 valence electrons. The molecule has 7 heteroatoms. The monoisotopic (exact) mass is 361 g/mol. The Morgan fingerprint density at radius 2 is 2.28 bits per heavy atom. The Kier molecular flexibility index (Phi) is 5.34. The molecule has 2 aromatic heterocycles. The summed E-state index contributed by atoms with van der Waals surface area (Å²) in [5, 5.41) is 0. The number of pyridine rings is 1. The van der Waals surface area contributed by atoms with Crippen LogP contribution in [0, 0.1) is 13.8 Å². The number of likely N-dealkylation sites (N-methyl/N-ethyl adjacent to an activating group) is 1. The van der Waals surface area contributed by atoms with Gasteiger partial charge in [-0.3, -0.25) is 14.6 Å². The molecule has 0 unspecified atom stereocenters. The van der Waals surface area contributed by atoms with Gasteiger partial charge in [0.25, 0.3) is 0 Å². The van der Waals surface area contributed by atoms with E-state index in [2.05, 4.69) is 4.98 Å². The Hall–Kier alpha value is -1.99. The smallest absolute Gasteiger partial charge is 0.307 e. The summed E-state index contributed by atoms with van der Waals surface area (Å²) in [5.41, 5.74) is 1.94. The molecule has 1 saturated heterocycles. The molecule has 3 heterocycles. The molecule has 0 aromatic carbocycles. The van der Waals surface area contributed by atoms with Crippen molar-refractivity contribution in [2.24, 2.45) is 0 Å². The summed E-state index contributed by atoms with van der Waals surface area (Å²) in [6, 6.07) is 3.86. The predicted molar refractivity (Wildman–Crippen MR) is 96.8 cm³/mol. The lowest BCUT2D eigenvalue weighted by Crippen LogP contribution is -2.39. The van der Waals surface area contributed by atoms with Crippen LogP contribution in [0.15, 0.2) is 29.3 Å². The number of hydrogen-bond donors (Lipinski definition) is 0. The summed E-state index contributed by atoms with van der Waals surface area (Å²) in [4.78, 5) is 31.5. The Morgan fingerprint density at radius 1 is 1.48 bits per heavy atom. The van der Waals surface area contributed by atoms with Crippen LogP contribution in [0.2, 0.25) is 0 Å². The second-order valence-corrected chi connectivity index (χ2v) is 7.52. The van der Waals surface area contributed by atoms with Crippen LogP contribution in [0.25, 0.3) is 0 Å². The van der Waals surface area contributed by atoms with E-state index in [9.17, 15) is 9.59 Å². The van der Waals surface area contributed by atoms with Gasteiger partial charge in [0.15, 0.2) is 0 Å². The van der Waals surface area contributed by atoms with E-state index >= 15 is 0 Å². The molecule has 1 amide bonds. The van der Waals surface area contributed by atoms with Gasteiger partial charge in [-0.25, -0.2) is 0 Å². The van der Waals surface area contributed by atoms with E-state index in [0.29, 0.717) is 19.6 Å². The highest BCUT2D eigenvalue weighted by Crippen LogP contribution is 2.32. The third-order valence-electron chi connectivity index (χ3n) is 4.89. The van der Waals surface area contributed by atoms with Gasteiger partial charge in [-0.2, -0.15) is 0 Å². The topological polar surface area (TPSA) is 64.4 Å². The second-order valence-electron chi connectivity index (χ2n) is 6.35. The van der Waals surface area contributed by atoms with Crippen LogP contribution < -0.4 is 4.87 Å². The van der Waals surface area contributed by atoms with Gasteiger partial charge in [0.2, 0.25) is 5.91 Å². The lowest BCUT2D eigenvalue weighted by molar-refractivity contribution is -0.133. The Bertz CT molecular complexity index is 800. The number of aromatic nitrogens is 2. The van der Waals surface area contributed by atoms with Crippen LogP contribution >= 0.6 is 11.3 Å². The van der Waals surface area contributed by atoms with E-state index in [1.807, 2.05) is 33.0 Å². The number of carbonyl (C=O) groups is 1. The van der Waals surface area contributed by atoms with Gasteiger partial charge in [0.1, 0.15) is 6.10 Å². The van der Waals surface area contributed by atoms with Gasteiger partial charge in [-0.05, 0) is 26.3 Å². The van der Waals surface area contributed by atoms with Gasteiger partial charge in [0.05, 0.1) is 6.04 Å². The van der Waals surface area contributed by atoms with Crippen molar-refractivity contribution in [3.8, 4) is 0 Å². The highest BCUT2D eigenvalue weighted by atomic mass is 32.1. The van der Waals surface area contributed by atoms with Crippen LogP contribution in [-0.2, 0) is 16.1 Å². The van der Waals surface area contributed by atoms with E-state index in [1.165, 1.54) is 11.3 Å². The van der Waals surface area contributed by atoms with Crippen molar-refractivity contribution in [1.82, 2.24) is 14.5 Å². The van der Waals surface area contributed by atoms with Crippen LogP contribution in [0.5, 0.6) is 0 Å². The number of aryl methyl sites for hydroxylation is 1. The molecule has 0 N–H and O–H groups in total. The quantitative estimate of drug-likeness (QED) is 0.820. The van der Waals surface area contributed by atoms with E-state index in [0.717, 1.165) is 22.6 Å². The van der Waals surface area contributed by atoms with Crippen LogP contribution in [-0.4, -0.2) is 40.1 Å². The van der Waals surface area contributed by atoms with Gasteiger partial charge in [-0.1, -0.05) is 17.4 Å². The van der Waals surface area contributed by atoms with Crippen LogP contribution in [0.3, 0.4) is 0 Å². The van der Waals surface area contributed by atoms with E-state index in [4.69, 9.17) is 4.74 Å². The van der Waals surface area contributed by atoms with Gasteiger partial charge in [-0.15, -0.1) is 0 Å². The number of nitrogens with zero attached hydrogens (tertiary/aromatic N) is 3. The zero-order valence-corrected chi connectivity index (χ0v) is 15.6. The van der Waals surface area contributed by atoms with Gasteiger partial charge >= 0.3 is 4.87 Å². The molecule has 0 aliphatic carbocycles. The summed E-state index contributed by atoms with van der Waals surface area (Å²) < 4.78 is 7.53. The first-order valence-corrected chi connectivity index (χ1v) is 9.24. The highest BCUT2D eigenvalue weighted by molar-refractivity contribution is 7.09. The summed E-state index contributed by atoms with van der Waals surface area (Å²) in [7, 11) is 1.82. The predicted octanol–water partition coefficient (Wildman–Crippen LogP) is 2.30. The van der Waals surface area contributed by atoms with Crippen LogP contribution in [0.1, 0.15) is 35.1 Å². The summed E-state index contributed by atoms with van der Waals surface area (Å²) >= 11 is 1.23. The molecule has 0 saturated carbocycles. The van der Waals surface area contributed by atoms with Crippen molar-refractivity contribution in [3.05, 3.63) is 50.3 Å². The standard InChI is InChI=1S/C18H23N3O3S/c1-12-13(2)25-18(23)21(12)9-6-16(22)20(3)15-7-10-24-17(15)14-5-4-8-19-11-14/h4-5,8,11,15,17H,6-7,9-10H2,1-3H3/t15-,17+/m0/s1.